The van der Waals surface area contributed by atoms with Crippen LogP contribution in [0.2, 0.25) is 0 Å². The smallest absolute Gasteiger partial charge is 0.279 e. The Kier molecular flexibility index (Phi) is 4.51. The van der Waals surface area contributed by atoms with Crippen LogP contribution in [-0.4, -0.2) is 44.9 Å². The summed E-state index contributed by atoms with van der Waals surface area (Å²) in [5.74, 6) is 0.331. The molecule has 0 aromatic heterocycles. The minimum atomic E-state index is -3.28. The SMILES string of the molecule is CC(C)CNS(=O)(=O)N1CCNC[C@@H]1C. The van der Waals surface area contributed by atoms with Gasteiger partial charge in [0.25, 0.3) is 10.2 Å². The lowest BCUT2D eigenvalue weighted by molar-refractivity contribution is 0.279. The van der Waals surface area contributed by atoms with Crippen molar-refractivity contribution in [3.8, 4) is 0 Å². The van der Waals surface area contributed by atoms with E-state index in [9.17, 15) is 8.42 Å². The van der Waals surface area contributed by atoms with Crippen LogP contribution in [0.25, 0.3) is 0 Å². The molecule has 0 aromatic carbocycles. The first kappa shape index (κ1) is 12.9. The van der Waals surface area contributed by atoms with E-state index in [-0.39, 0.29) is 6.04 Å². The van der Waals surface area contributed by atoms with Crippen molar-refractivity contribution in [1.29, 1.82) is 0 Å². The number of rotatable bonds is 4. The molecule has 0 radical (unpaired) electrons. The quantitative estimate of drug-likeness (QED) is 0.707. The Morgan fingerprint density at radius 2 is 2.20 bits per heavy atom. The topological polar surface area (TPSA) is 61.4 Å². The van der Waals surface area contributed by atoms with Crippen LogP contribution < -0.4 is 10.0 Å². The zero-order valence-corrected chi connectivity index (χ0v) is 10.5. The number of piperazine rings is 1. The van der Waals surface area contributed by atoms with Gasteiger partial charge in [0.15, 0.2) is 0 Å². The Bertz CT molecular complexity index is 290. The fraction of sp³-hybridized carbons (Fsp3) is 1.00. The minimum Gasteiger partial charge on any atom is -0.314 e. The Morgan fingerprint density at radius 1 is 1.53 bits per heavy atom. The van der Waals surface area contributed by atoms with E-state index < -0.39 is 10.2 Å². The maximum atomic E-state index is 11.9. The molecule has 90 valence electrons. The van der Waals surface area contributed by atoms with Gasteiger partial charge in [-0.25, -0.2) is 4.72 Å². The van der Waals surface area contributed by atoms with Crippen LogP contribution in [-0.2, 0) is 10.2 Å². The summed E-state index contributed by atoms with van der Waals surface area (Å²) in [6.45, 7) is 8.40. The van der Waals surface area contributed by atoms with Crippen molar-refractivity contribution in [2.24, 2.45) is 5.92 Å². The predicted octanol–water partition coefficient (Wildman–Crippen LogP) is -0.229. The average molecular weight is 235 g/mol. The van der Waals surface area contributed by atoms with Gasteiger partial charge in [-0.1, -0.05) is 13.8 Å². The highest BCUT2D eigenvalue weighted by Gasteiger charge is 2.28. The predicted molar refractivity (Wildman–Crippen MR) is 60.8 cm³/mol. The number of hydrogen-bond donors (Lipinski definition) is 2. The summed E-state index contributed by atoms with van der Waals surface area (Å²) in [4.78, 5) is 0. The number of nitrogens with zero attached hydrogens (tertiary/aromatic N) is 1. The third-order valence-corrected chi connectivity index (χ3v) is 4.11. The molecule has 5 nitrogen and oxygen atoms in total. The fourth-order valence-electron chi connectivity index (χ4n) is 1.53. The highest BCUT2D eigenvalue weighted by Crippen LogP contribution is 2.07. The van der Waals surface area contributed by atoms with Gasteiger partial charge in [-0.3, -0.25) is 0 Å². The summed E-state index contributed by atoms with van der Waals surface area (Å²) >= 11 is 0. The monoisotopic (exact) mass is 235 g/mol. The molecule has 6 heteroatoms. The summed E-state index contributed by atoms with van der Waals surface area (Å²) < 4.78 is 27.9. The lowest BCUT2D eigenvalue weighted by Gasteiger charge is -2.32. The van der Waals surface area contributed by atoms with Gasteiger partial charge >= 0.3 is 0 Å². The minimum absolute atomic E-state index is 0.0309. The van der Waals surface area contributed by atoms with E-state index in [2.05, 4.69) is 10.0 Å². The van der Waals surface area contributed by atoms with Crippen molar-refractivity contribution in [2.75, 3.05) is 26.2 Å². The lowest BCUT2D eigenvalue weighted by Crippen LogP contribution is -2.55. The standard InChI is InChI=1S/C9H21N3O2S/c1-8(2)6-11-15(13,14)12-5-4-10-7-9(12)3/h8-11H,4-7H2,1-3H3/t9-/m0/s1. The summed E-state index contributed by atoms with van der Waals surface area (Å²) in [5.41, 5.74) is 0. The van der Waals surface area contributed by atoms with Crippen LogP contribution in [0.15, 0.2) is 0 Å². The normalized spacial score (nSPS) is 24.7. The van der Waals surface area contributed by atoms with Crippen molar-refractivity contribution in [1.82, 2.24) is 14.3 Å². The highest BCUT2D eigenvalue weighted by molar-refractivity contribution is 7.87. The van der Waals surface area contributed by atoms with Crippen molar-refractivity contribution in [3.63, 3.8) is 0 Å². The van der Waals surface area contributed by atoms with Crippen molar-refractivity contribution in [2.45, 2.75) is 26.8 Å². The molecule has 1 saturated heterocycles. The van der Waals surface area contributed by atoms with Crippen LogP contribution in [0.5, 0.6) is 0 Å². The first-order valence-corrected chi connectivity index (χ1v) is 6.84. The van der Waals surface area contributed by atoms with Gasteiger partial charge in [0.1, 0.15) is 0 Å². The molecule has 1 rings (SSSR count). The van der Waals surface area contributed by atoms with Crippen LogP contribution in [0.1, 0.15) is 20.8 Å². The largest absolute Gasteiger partial charge is 0.314 e. The first-order chi connectivity index (χ1) is 6.93. The van der Waals surface area contributed by atoms with Crippen molar-refractivity contribution >= 4 is 10.2 Å². The van der Waals surface area contributed by atoms with Gasteiger partial charge in [0.2, 0.25) is 0 Å². The molecule has 0 bridgehead atoms. The van der Waals surface area contributed by atoms with E-state index in [0.717, 1.165) is 13.1 Å². The summed E-state index contributed by atoms with van der Waals surface area (Å²) in [7, 11) is -3.28. The molecule has 0 amide bonds. The van der Waals surface area contributed by atoms with Gasteiger partial charge in [0, 0.05) is 32.2 Å². The Balaban J connectivity index is 2.59. The Hall–Kier alpha value is -0.170. The van der Waals surface area contributed by atoms with Gasteiger partial charge in [-0.05, 0) is 12.8 Å². The van der Waals surface area contributed by atoms with Crippen molar-refractivity contribution in [3.05, 3.63) is 0 Å². The first-order valence-electron chi connectivity index (χ1n) is 5.40. The molecule has 0 saturated carbocycles. The third kappa shape index (κ3) is 3.71. The second-order valence-corrected chi connectivity index (χ2v) is 6.12. The molecule has 1 atom stereocenters. The highest BCUT2D eigenvalue weighted by atomic mass is 32.2. The lowest BCUT2D eigenvalue weighted by atomic mass is 10.2. The van der Waals surface area contributed by atoms with Gasteiger partial charge in [-0.15, -0.1) is 0 Å². The molecule has 2 N–H and O–H groups in total. The Labute approximate surface area is 92.4 Å². The van der Waals surface area contributed by atoms with Gasteiger partial charge in [-0.2, -0.15) is 12.7 Å². The van der Waals surface area contributed by atoms with E-state index >= 15 is 0 Å². The summed E-state index contributed by atoms with van der Waals surface area (Å²) in [6.07, 6.45) is 0. The van der Waals surface area contributed by atoms with E-state index in [1.54, 1.807) is 0 Å². The molecule has 0 unspecified atom stereocenters. The second-order valence-electron chi connectivity index (χ2n) is 4.41. The molecule has 0 aromatic rings. The average Bonchev–Trinajstić information content (AvgIpc) is 2.15. The van der Waals surface area contributed by atoms with Crippen LogP contribution in [0, 0.1) is 5.92 Å². The molecular weight excluding hydrogens is 214 g/mol. The fourth-order valence-corrected chi connectivity index (χ4v) is 3.12. The number of nitrogens with one attached hydrogen (secondary N) is 2. The zero-order valence-electron chi connectivity index (χ0n) is 9.66. The summed E-state index contributed by atoms with van der Waals surface area (Å²) in [6, 6.07) is 0.0309. The number of hydrogen-bond acceptors (Lipinski definition) is 3. The van der Waals surface area contributed by atoms with E-state index in [1.807, 2.05) is 20.8 Å². The van der Waals surface area contributed by atoms with Crippen LogP contribution in [0.4, 0.5) is 0 Å². The van der Waals surface area contributed by atoms with Crippen LogP contribution in [0.3, 0.4) is 0 Å². The summed E-state index contributed by atoms with van der Waals surface area (Å²) in [5, 5.41) is 3.17. The maximum absolute atomic E-state index is 11.9. The molecule has 0 spiro atoms. The molecule has 1 heterocycles. The van der Waals surface area contributed by atoms with E-state index in [1.165, 1.54) is 4.31 Å². The van der Waals surface area contributed by atoms with Crippen molar-refractivity contribution < 1.29 is 8.42 Å². The molecular formula is C9H21N3O2S. The Morgan fingerprint density at radius 3 is 2.73 bits per heavy atom. The molecule has 1 fully saturated rings. The van der Waals surface area contributed by atoms with E-state index in [4.69, 9.17) is 0 Å². The zero-order chi connectivity index (χ0) is 11.5. The van der Waals surface area contributed by atoms with E-state index in [0.29, 0.717) is 19.0 Å². The van der Waals surface area contributed by atoms with Gasteiger partial charge < -0.3 is 5.32 Å². The molecule has 15 heavy (non-hydrogen) atoms. The molecule has 1 aliphatic heterocycles. The molecule has 1 aliphatic rings. The second kappa shape index (κ2) is 5.25. The molecule has 0 aliphatic carbocycles. The third-order valence-electron chi connectivity index (χ3n) is 2.42. The van der Waals surface area contributed by atoms with Gasteiger partial charge in [0.05, 0.1) is 0 Å². The van der Waals surface area contributed by atoms with Crippen LogP contribution >= 0.6 is 0 Å². The maximum Gasteiger partial charge on any atom is 0.279 e.